The number of aryl methyl sites for hydroxylation is 2. The molecule has 0 spiro atoms. The summed E-state index contributed by atoms with van der Waals surface area (Å²) < 4.78 is 10.5. The van der Waals surface area contributed by atoms with Gasteiger partial charge in [-0.3, -0.25) is 9.59 Å². The van der Waals surface area contributed by atoms with Gasteiger partial charge in [0, 0.05) is 0 Å². The largest absolute Gasteiger partial charge is 0.465 e. The van der Waals surface area contributed by atoms with Crippen molar-refractivity contribution in [1.82, 2.24) is 0 Å². The average Bonchev–Trinajstić information content (AvgIpc) is 2.71. The highest BCUT2D eigenvalue weighted by Gasteiger charge is 2.23. The first-order chi connectivity index (χ1) is 14.9. The number of benzene rings is 1. The molecule has 32 heavy (non-hydrogen) atoms. The molecule has 0 aliphatic carbocycles. The molecule has 0 fully saturated rings. The SMILES string of the molecule is CC(C)(C)C(=O)OCCCCc1ccc(CCCCOC(=O)C(C)(C)C)c(C#N)c1C#N. The van der Waals surface area contributed by atoms with Crippen molar-refractivity contribution in [1.29, 1.82) is 10.5 Å². The topological polar surface area (TPSA) is 100 Å². The van der Waals surface area contributed by atoms with Gasteiger partial charge >= 0.3 is 11.9 Å². The second-order valence-corrected chi connectivity index (χ2v) is 10.0. The van der Waals surface area contributed by atoms with Crippen LogP contribution in [0.1, 0.15) is 89.5 Å². The summed E-state index contributed by atoms with van der Waals surface area (Å²) in [4.78, 5) is 23.6. The number of nitrogens with zero attached hydrogens (tertiary/aromatic N) is 2. The van der Waals surface area contributed by atoms with E-state index in [-0.39, 0.29) is 11.9 Å². The van der Waals surface area contributed by atoms with Gasteiger partial charge in [-0.05, 0) is 91.2 Å². The number of ether oxygens (including phenoxy) is 2. The molecule has 0 saturated carbocycles. The highest BCUT2D eigenvalue weighted by molar-refractivity contribution is 5.75. The Hall–Kier alpha value is -2.86. The standard InChI is InChI=1S/C26H36N2O4/c1-25(2,3)23(29)31-15-9-7-11-19-13-14-20(22(18-28)21(19)17-27)12-8-10-16-32-24(30)26(4,5)6/h13-14H,7-12,15-16H2,1-6H3. The third kappa shape index (κ3) is 8.71. The van der Waals surface area contributed by atoms with Crippen LogP contribution in [0.25, 0.3) is 0 Å². The molecule has 0 bridgehead atoms. The molecule has 0 aromatic heterocycles. The van der Waals surface area contributed by atoms with Crippen LogP contribution in [0.3, 0.4) is 0 Å². The van der Waals surface area contributed by atoms with Crippen molar-refractivity contribution >= 4 is 11.9 Å². The monoisotopic (exact) mass is 440 g/mol. The van der Waals surface area contributed by atoms with Crippen molar-refractivity contribution in [3.8, 4) is 12.1 Å². The molecule has 0 heterocycles. The summed E-state index contributed by atoms with van der Waals surface area (Å²) in [6.45, 7) is 11.6. The van der Waals surface area contributed by atoms with Crippen molar-refractivity contribution in [3.63, 3.8) is 0 Å². The van der Waals surface area contributed by atoms with E-state index in [1.165, 1.54) is 0 Å². The van der Waals surface area contributed by atoms with Crippen LogP contribution in [0.15, 0.2) is 12.1 Å². The van der Waals surface area contributed by atoms with Gasteiger partial charge in [-0.2, -0.15) is 10.5 Å². The Morgan fingerprint density at radius 2 is 1.06 bits per heavy atom. The molecule has 0 saturated heterocycles. The van der Waals surface area contributed by atoms with Crippen LogP contribution in [0, 0.1) is 33.5 Å². The molecule has 0 aliphatic heterocycles. The zero-order valence-electron chi connectivity index (χ0n) is 20.3. The van der Waals surface area contributed by atoms with E-state index in [0.29, 0.717) is 50.0 Å². The summed E-state index contributed by atoms with van der Waals surface area (Å²) in [7, 11) is 0. The Labute approximate surface area is 192 Å². The maximum atomic E-state index is 11.8. The van der Waals surface area contributed by atoms with Gasteiger partial charge < -0.3 is 9.47 Å². The van der Waals surface area contributed by atoms with Crippen molar-refractivity contribution in [2.45, 2.75) is 80.1 Å². The van der Waals surface area contributed by atoms with Gasteiger partial charge in [-0.25, -0.2) is 0 Å². The molecule has 6 nitrogen and oxygen atoms in total. The van der Waals surface area contributed by atoms with Crippen molar-refractivity contribution in [2.75, 3.05) is 13.2 Å². The molecule has 0 radical (unpaired) electrons. The molecule has 6 heteroatoms. The Kier molecular flexibility index (Phi) is 10.4. The van der Waals surface area contributed by atoms with Gasteiger partial charge in [0.2, 0.25) is 0 Å². The van der Waals surface area contributed by atoms with Crippen LogP contribution in [0.4, 0.5) is 0 Å². The summed E-state index contributed by atoms with van der Waals surface area (Å²) >= 11 is 0. The lowest BCUT2D eigenvalue weighted by atomic mass is 9.92. The summed E-state index contributed by atoms with van der Waals surface area (Å²) in [5, 5.41) is 19.3. The maximum absolute atomic E-state index is 11.8. The molecule has 0 N–H and O–H groups in total. The lowest BCUT2D eigenvalue weighted by Crippen LogP contribution is -2.23. The summed E-state index contributed by atoms with van der Waals surface area (Å²) in [5.41, 5.74) is 1.51. The highest BCUT2D eigenvalue weighted by atomic mass is 16.5. The van der Waals surface area contributed by atoms with E-state index in [1.807, 2.05) is 53.7 Å². The number of carbonyl (C=O) groups excluding carboxylic acids is 2. The third-order valence-corrected chi connectivity index (χ3v) is 4.97. The molecule has 0 amide bonds. The number of esters is 2. The zero-order valence-corrected chi connectivity index (χ0v) is 20.3. The Morgan fingerprint density at radius 1 is 0.719 bits per heavy atom. The van der Waals surface area contributed by atoms with E-state index in [4.69, 9.17) is 9.47 Å². The minimum Gasteiger partial charge on any atom is -0.465 e. The van der Waals surface area contributed by atoms with Gasteiger partial charge in [0.15, 0.2) is 0 Å². The maximum Gasteiger partial charge on any atom is 0.311 e. The van der Waals surface area contributed by atoms with E-state index in [1.54, 1.807) is 0 Å². The molecule has 1 rings (SSSR count). The van der Waals surface area contributed by atoms with Crippen LogP contribution in [-0.4, -0.2) is 25.2 Å². The van der Waals surface area contributed by atoms with Gasteiger partial charge in [0.25, 0.3) is 0 Å². The molecule has 0 unspecified atom stereocenters. The van der Waals surface area contributed by atoms with Crippen LogP contribution in [-0.2, 0) is 31.9 Å². The van der Waals surface area contributed by atoms with E-state index >= 15 is 0 Å². The second-order valence-electron chi connectivity index (χ2n) is 10.0. The lowest BCUT2D eigenvalue weighted by Gasteiger charge is -2.16. The van der Waals surface area contributed by atoms with E-state index in [0.717, 1.165) is 24.0 Å². The van der Waals surface area contributed by atoms with Gasteiger partial charge in [-0.15, -0.1) is 0 Å². The molecular formula is C26H36N2O4. The van der Waals surface area contributed by atoms with Crippen molar-refractivity contribution in [2.24, 2.45) is 10.8 Å². The van der Waals surface area contributed by atoms with Crippen LogP contribution >= 0.6 is 0 Å². The number of nitriles is 2. The number of carbonyl (C=O) groups is 2. The summed E-state index contributed by atoms with van der Waals surface area (Å²) in [6.07, 6.45) is 4.21. The Morgan fingerprint density at radius 3 is 1.34 bits per heavy atom. The van der Waals surface area contributed by atoms with Crippen LogP contribution < -0.4 is 0 Å². The summed E-state index contributed by atoms with van der Waals surface area (Å²) in [5.74, 6) is -0.445. The van der Waals surface area contributed by atoms with E-state index in [2.05, 4.69) is 12.1 Å². The molecule has 1 aromatic rings. The number of unbranched alkanes of at least 4 members (excludes halogenated alkanes) is 2. The average molecular weight is 441 g/mol. The van der Waals surface area contributed by atoms with Crippen molar-refractivity contribution < 1.29 is 19.1 Å². The van der Waals surface area contributed by atoms with E-state index < -0.39 is 10.8 Å². The quantitative estimate of drug-likeness (QED) is 0.364. The number of hydrogen-bond donors (Lipinski definition) is 0. The molecule has 1 aromatic carbocycles. The first-order valence-corrected chi connectivity index (χ1v) is 11.2. The van der Waals surface area contributed by atoms with Gasteiger partial charge in [-0.1, -0.05) is 12.1 Å². The first kappa shape index (κ1) is 27.2. The minimum atomic E-state index is -0.514. The first-order valence-electron chi connectivity index (χ1n) is 11.2. The van der Waals surface area contributed by atoms with Crippen LogP contribution in [0.2, 0.25) is 0 Å². The fourth-order valence-electron chi connectivity index (χ4n) is 2.96. The fraction of sp³-hybridized carbons (Fsp3) is 0.615. The highest BCUT2D eigenvalue weighted by Crippen LogP contribution is 2.22. The normalized spacial score (nSPS) is 11.4. The zero-order chi connectivity index (χ0) is 24.4. The summed E-state index contributed by atoms with van der Waals surface area (Å²) in [6, 6.07) is 8.21. The second kappa shape index (κ2) is 12.2. The Bertz CT molecular complexity index is 804. The Balaban J connectivity index is 2.60. The predicted molar refractivity (Wildman–Crippen MR) is 123 cm³/mol. The van der Waals surface area contributed by atoms with Gasteiger partial charge in [0.1, 0.15) is 12.1 Å². The fourth-order valence-corrected chi connectivity index (χ4v) is 2.96. The number of rotatable bonds is 10. The van der Waals surface area contributed by atoms with Crippen molar-refractivity contribution in [3.05, 3.63) is 34.4 Å². The smallest absolute Gasteiger partial charge is 0.311 e. The molecule has 0 aliphatic rings. The minimum absolute atomic E-state index is 0.223. The van der Waals surface area contributed by atoms with E-state index in [9.17, 15) is 20.1 Å². The molecule has 0 atom stereocenters. The molecular weight excluding hydrogens is 404 g/mol. The van der Waals surface area contributed by atoms with Crippen LogP contribution in [0.5, 0.6) is 0 Å². The van der Waals surface area contributed by atoms with Gasteiger partial charge in [0.05, 0.1) is 35.2 Å². The lowest BCUT2D eigenvalue weighted by molar-refractivity contribution is -0.153. The molecule has 174 valence electrons. The number of hydrogen-bond acceptors (Lipinski definition) is 6. The predicted octanol–water partition coefficient (Wildman–Crippen LogP) is 5.25. The third-order valence-electron chi connectivity index (χ3n) is 4.97.